The van der Waals surface area contributed by atoms with E-state index in [1.54, 1.807) is 7.05 Å². The lowest BCUT2D eigenvalue weighted by Gasteiger charge is -2.37. The molecule has 162 valence electrons. The SMILES string of the molecule is CCC(CC)(CNC(=NC)N1CCC(C(=O)OC)CC1)NC(=O)OC(C)(C)C. The van der Waals surface area contributed by atoms with Gasteiger partial charge in [-0.15, -0.1) is 0 Å². The first-order valence-corrected chi connectivity index (χ1v) is 10.1. The highest BCUT2D eigenvalue weighted by molar-refractivity contribution is 5.80. The maximum absolute atomic E-state index is 12.3. The molecule has 1 saturated heterocycles. The number of nitrogens with one attached hydrogen (secondary N) is 2. The number of likely N-dealkylation sites (tertiary alicyclic amines) is 1. The number of rotatable bonds is 6. The van der Waals surface area contributed by atoms with Crippen LogP contribution in [-0.4, -0.2) is 67.9 Å². The van der Waals surface area contributed by atoms with Gasteiger partial charge >= 0.3 is 12.1 Å². The Balaban J connectivity index is 2.68. The Hall–Kier alpha value is -1.99. The number of carbonyl (C=O) groups excluding carboxylic acids is 2. The Morgan fingerprint density at radius 3 is 2.14 bits per heavy atom. The molecule has 2 N–H and O–H groups in total. The van der Waals surface area contributed by atoms with Crippen LogP contribution in [0.4, 0.5) is 4.79 Å². The van der Waals surface area contributed by atoms with Crippen molar-refractivity contribution in [1.82, 2.24) is 15.5 Å². The minimum atomic E-state index is -0.537. The fraction of sp³-hybridized carbons (Fsp3) is 0.850. The molecule has 0 atom stereocenters. The number of methoxy groups -OCH3 is 1. The zero-order chi connectivity index (χ0) is 21.4. The van der Waals surface area contributed by atoms with Crippen molar-refractivity contribution >= 4 is 18.0 Å². The van der Waals surface area contributed by atoms with Crippen LogP contribution in [0.3, 0.4) is 0 Å². The van der Waals surface area contributed by atoms with E-state index in [1.165, 1.54) is 7.11 Å². The molecular formula is C20H38N4O4. The van der Waals surface area contributed by atoms with Gasteiger partial charge in [-0.05, 0) is 46.5 Å². The van der Waals surface area contributed by atoms with Gasteiger partial charge in [0.25, 0.3) is 0 Å². The second-order valence-electron chi connectivity index (χ2n) is 8.30. The van der Waals surface area contributed by atoms with Crippen LogP contribution in [0, 0.1) is 5.92 Å². The minimum absolute atomic E-state index is 0.0430. The Bertz CT molecular complexity index is 545. The lowest BCUT2D eigenvalue weighted by atomic mass is 9.93. The summed E-state index contributed by atoms with van der Waals surface area (Å²) in [5.74, 6) is 0.597. The molecule has 0 aliphatic carbocycles. The van der Waals surface area contributed by atoms with E-state index in [0.29, 0.717) is 6.54 Å². The van der Waals surface area contributed by atoms with Gasteiger partial charge < -0.3 is 25.0 Å². The van der Waals surface area contributed by atoms with E-state index in [1.807, 2.05) is 34.6 Å². The Labute approximate surface area is 169 Å². The molecule has 1 amide bonds. The smallest absolute Gasteiger partial charge is 0.408 e. The lowest BCUT2D eigenvalue weighted by molar-refractivity contribution is -0.146. The molecular weight excluding hydrogens is 360 g/mol. The molecule has 1 aliphatic rings. The Morgan fingerprint density at radius 2 is 1.71 bits per heavy atom. The quantitative estimate of drug-likeness (QED) is 0.406. The summed E-state index contributed by atoms with van der Waals surface area (Å²) in [7, 11) is 3.18. The first-order chi connectivity index (χ1) is 13.1. The number of amides is 1. The van der Waals surface area contributed by atoms with Gasteiger partial charge in [-0.3, -0.25) is 9.79 Å². The van der Waals surface area contributed by atoms with Crippen LogP contribution < -0.4 is 10.6 Å². The van der Waals surface area contributed by atoms with E-state index in [-0.39, 0.29) is 11.9 Å². The maximum atomic E-state index is 12.3. The first-order valence-electron chi connectivity index (χ1n) is 10.1. The highest BCUT2D eigenvalue weighted by Crippen LogP contribution is 2.20. The second kappa shape index (κ2) is 10.5. The van der Waals surface area contributed by atoms with Crippen molar-refractivity contribution in [2.24, 2.45) is 10.9 Å². The van der Waals surface area contributed by atoms with Gasteiger partial charge in [0.1, 0.15) is 5.60 Å². The van der Waals surface area contributed by atoms with E-state index < -0.39 is 17.2 Å². The monoisotopic (exact) mass is 398 g/mol. The highest BCUT2D eigenvalue weighted by Gasteiger charge is 2.32. The first kappa shape index (κ1) is 24.0. The van der Waals surface area contributed by atoms with Crippen molar-refractivity contribution in [2.75, 3.05) is 33.8 Å². The van der Waals surface area contributed by atoms with Gasteiger partial charge in [0.05, 0.1) is 18.6 Å². The number of esters is 1. The molecule has 0 aromatic heterocycles. The van der Waals surface area contributed by atoms with Crippen LogP contribution in [0.15, 0.2) is 4.99 Å². The van der Waals surface area contributed by atoms with Gasteiger partial charge in [-0.1, -0.05) is 13.8 Å². The molecule has 1 fully saturated rings. The number of hydrogen-bond acceptors (Lipinski definition) is 5. The molecule has 1 heterocycles. The van der Waals surface area contributed by atoms with Gasteiger partial charge in [-0.2, -0.15) is 0 Å². The van der Waals surface area contributed by atoms with Crippen molar-refractivity contribution in [3.8, 4) is 0 Å². The molecule has 8 nitrogen and oxygen atoms in total. The van der Waals surface area contributed by atoms with Crippen LogP contribution in [0.1, 0.15) is 60.3 Å². The number of nitrogens with zero attached hydrogens (tertiary/aromatic N) is 2. The van der Waals surface area contributed by atoms with Crippen LogP contribution in [0.5, 0.6) is 0 Å². The Morgan fingerprint density at radius 1 is 1.14 bits per heavy atom. The fourth-order valence-electron chi connectivity index (χ4n) is 3.32. The van der Waals surface area contributed by atoms with Crippen LogP contribution in [-0.2, 0) is 14.3 Å². The van der Waals surface area contributed by atoms with Gasteiger partial charge in [0.2, 0.25) is 0 Å². The minimum Gasteiger partial charge on any atom is -0.469 e. The molecule has 28 heavy (non-hydrogen) atoms. The molecule has 1 rings (SSSR count). The van der Waals surface area contributed by atoms with Crippen molar-refractivity contribution in [2.45, 2.75) is 71.4 Å². The summed E-state index contributed by atoms with van der Waals surface area (Å²) in [6.07, 6.45) is 2.60. The largest absolute Gasteiger partial charge is 0.469 e. The molecule has 0 aromatic carbocycles. The molecule has 0 saturated carbocycles. The molecule has 1 aliphatic heterocycles. The van der Waals surface area contributed by atoms with Crippen LogP contribution in [0.2, 0.25) is 0 Å². The molecule has 8 heteroatoms. The average molecular weight is 399 g/mol. The maximum Gasteiger partial charge on any atom is 0.408 e. The van der Waals surface area contributed by atoms with E-state index in [2.05, 4.69) is 20.5 Å². The predicted molar refractivity (Wildman–Crippen MR) is 110 cm³/mol. The summed E-state index contributed by atoms with van der Waals surface area (Å²) in [6.45, 7) is 11.7. The topological polar surface area (TPSA) is 92.3 Å². The highest BCUT2D eigenvalue weighted by atomic mass is 16.6. The third-order valence-corrected chi connectivity index (χ3v) is 5.25. The summed E-state index contributed by atoms with van der Waals surface area (Å²) in [5.41, 5.74) is -0.965. The third kappa shape index (κ3) is 7.20. The third-order valence-electron chi connectivity index (χ3n) is 5.25. The van der Waals surface area contributed by atoms with Crippen molar-refractivity contribution in [3.63, 3.8) is 0 Å². The summed E-state index contributed by atoms with van der Waals surface area (Å²) >= 11 is 0. The number of piperidine rings is 1. The number of alkyl carbamates (subject to hydrolysis) is 1. The summed E-state index contributed by atoms with van der Waals surface area (Å²) in [4.78, 5) is 30.5. The number of carbonyl (C=O) groups is 2. The standard InChI is InChI=1S/C20H38N4O4/c1-8-20(9-2,23-18(26)28-19(3,4)5)14-22-17(21-6)24-12-10-15(11-13-24)16(25)27-7/h15H,8-14H2,1-7H3,(H,21,22)(H,23,26). The number of ether oxygens (including phenoxy) is 2. The number of aliphatic imine (C=N–C) groups is 1. The lowest BCUT2D eigenvalue weighted by Crippen LogP contribution is -2.58. The van der Waals surface area contributed by atoms with E-state index in [0.717, 1.165) is 44.7 Å². The average Bonchev–Trinajstić information content (AvgIpc) is 2.65. The molecule has 0 aromatic rings. The number of hydrogen-bond donors (Lipinski definition) is 2. The predicted octanol–water partition coefficient (Wildman–Crippen LogP) is 2.53. The molecule has 0 unspecified atom stereocenters. The van der Waals surface area contributed by atoms with E-state index in [4.69, 9.17) is 9.47 Å². The van der Waals surface area contributed by atoms with Gasteiger partial charge in [0, 0.05) is 26.7 Å². The molecule has 0 spiro atoms. The fourth-order valence-corrected chi connectivity index (χ4v) is 3.32. The zero-order valence-electron chi connectivity index (χ0n) is 18.6. The summed E-state index contributed by atoms with van der Waals surface area (Å²) in [6, 6.07) is 0. The van der Waals surface area contributed by atoms with Crippen molar-refractivity contribution in [1.29, 1.82) is 0 Å². The van der Waals surface area contributed by atoms with Gasteiger partial charge in [0.15, 0.2) is 5.96 Å². The van der Waals surface area contributed by atoms with E-state index in [9.17, 15) is 9.59 Å². The van der Waals surface area contributed by atoms with Gasteiger partial charge in [-0.25, -0.2) is 4.79 Å². The van der Waals surface area contributed by atoms with E-state index >= 15 is 0 Å². The zero-order valence-corrected chi connectivity index (χ0v) is 18.6. The Kier molecular flexibility index (Phi) is 9.04. The van der Waals surface area contributed by atoms with Crippen molar-refractivity contribution in [3.05, 3.63) is 0 Å². The second-order valence-corrected chi connectivity index (χ2v) is 8.30. The normalized spacial score (nSPS) is 16.5. The van der Waals surface area contributed by atoms with Crippen molar-refractivity contribution < 1.29 is 19.1 Å². The van der Waals surface area contributed by atoms with Crippen LogP contribution in [0.25, 0.3) is 0 Å². The molecule has 0 radical (unpaired) electrons. The summed E-state index contributed by atoms with van der Waals surface area (Å²) < 4.78 is 10.3. The number of guanidine groups is 1. The molecule has 0 bridgehead atoms. The summed E-state index contributed by atoms with van der Waals surface area (Å²) in [5, 5.41) is 6.44. The van der Waals surface area contributed by atoms with Crippen LogP contribution >= 0.6 is 0 Å².